The second-order valence-corrected chi connectivity index (χ2v) is 6.65. The molecule has 2 N–H and O–H groups in total. The number of carbonyl (C=O) groups is 1. The molecule has 0 aliphatic heterocycles. The van der Waals surface area contributed by atoms with Crippen LogP contribution in [0.5, 0.6) is 11.5 Å². The fourth-order valence-corrected chi connectivity index (χ4v) is 3.39. The van der Waals surface area contributed by atoms with Gasteiger partial charge >= 0.3 is 6.18 Å². The Morgan fingerprint density at radius 3 is 2.43 bits per heavy atom. The van der Waals surface area contributed by atoms with Gasteiger partial charge in [0.1, 0.15) is 5.82 Å². The van der Waals surface area contributed by atoms with E-state index in [9.17, 15) is 22.4 Å². The van der Waals surface area contributed by atoms with Crippen molar-refractivity contribution in [3.05, 3.63) is 58.5 Å². The van der Waals surface area contributed by atoms with Crippen molar-refractivity contribution in [2.45, 2.75) is 19.5 Å². The van der Waals surface area contributed by atoms with Gasteiger partial charge in [-0.15, -0.1) is 0 Å². The molecule has 3 aromatic rings. The largest absolute Gasteiger partial charge is 0.493 e. The van der Waals surface area contributed by atoms with E-state index in [1.54, 1.807) is 19.1 Å². The first kappa shape index (κ1) is 21.5. The molecule has 0 saturated carbocycles. The van der Waals surface area contributed by atoms with E-state index in [2.05, 4.69) is 10.3 Å². The van der Waals surface area contributed by atoms with Gasteiger partial charge in [-0.3, -0.25) is 4.79 Å². The number of aromatic amines is 1. The van der Waals surface area contributed by atoms with Crippen LogP contribution in [0.4, 0.5) is 17.6 Å². The number of hydrogen-bond acceptors (Lipinski definition) is 3. The van der Waals surface area contributed by atoms with Crippen LogP contribution in [0, 0.1) is 12.7 Å². The third kappa shape index (κ3) is 4.05. The highest BCUT2D eigenvalue weighted by molar-refractivity contribution is 5.95. The molecule has 0 radical (unpaired) electrons. The van der Waals surface area contributed by atoms with Crippen molar-refractivity contribution in [1.82, 2.24) is 10.3 Å². The summed E-state index contributed by atoms with van der Waals surface area (Å²) in [6.45, 7) is 1.64. The number of carbonyl (C=O) groups excluding carboxylic acids is 1. The van der Waals surface area contributed by atoms with Crippen LogP contribution in [-0.4, -0.2) is 31.7 Å². The lowest BCUT2D eigenvalue weighted by Crippen LogP contribution is -2.26. The Balaban J connectivity index is 1.82. The summed E-state index contributed by atoms with van der Waals surface area (Å²) in [7, 11) is 2.91. The molecule has 1 heterocycles. The molecule has 160 valence electrons. The molecule has 1 amide bonds. The Kier molecular flexibility index (Phi) is 5.91. The summed E-state index contributed by atoms with van der Waals surface area (Å²) < 4.78 is 64.6. The number of aromatic nitrogens is 1. The fourth-order valence-electron chi connectivity index (χ4n) is 3.39. The Morgan fingerprint density at radius 1 is 1.10 bits per heavy atom. The van der Waals surface area contributed by atoms with E-state index in [1.165, 1.54) is 20.3 Å². The summed E-state index contributed by atoms with van der Waals surface area (Å²) in [5.41, 5.74) is -0.0660. The van der Waals surface area contributed by atoms with Crippen molar-refractivity contribution in [3.63, 3.8) is 0 Å². The van der Waals surface area contributed by atoms with Gasteiger partial charge in [-0.2, -0.15) is 13.2 Å². The van der Waals surface area contributed by atoms with E-state index in [1.807, 2.05) is 0 Å². The molecular formula is C21H20F4N2O3. The number of rotatable bonds is 6. The monoisotopic (exact) mass is 424 g/mol. The summed E-state index contributed by atoms with van der Waals surface area (Å²) in [5, 5.41) is 2.46. The Morgan fingerprint density at radius 2 is 1.80 bits per heavy atom. The van der Waals surface area contributed by atoms with Crippen LogP contribution >= 0.6 is 0 Å². The van der Waals surface area contributed by atoms with Gasteiger partial charge in [0.15, 0.2) is 11.5 Å². The Hall–Kier alpha value is -3.23. The van der Waals surface area contributed by atoms with E-state index >= 15 is 0 Å². The van der Waals surface area contributed by atoms with Gasteiger partial charge in [0.2, 0.25) is 0 Å². The molecule has 0 spiro atoms. The highest BCUT2D eigenvalue weighted by Crippen LogP contribution is 2.38. The molecule has 0 aliphatic carbocycles. The van der Waals surface area contributed by atoms with Crippen molar-refractivity contribution in [2.24, 2.45) is 0 Å². The first-order chi connectivity index (χ1) is 14.2. The van der Waals surface area contributed by atoms with E-state index in [0.29, 0.717) is 28.3 Å². The number of fused-ring (bicyclic) bond motifs is 1. The highest BCUT2D eigenvalue weighted by atomic mass is 19.4. The lowest BCUT2D eigenvalue weighted by atomic mass is 10.0. The maximum Gasteiger partial charge on any atom is 0.417 e. The number of aryl methyl sites for hydroxylation is 1. The molecule has 1 aromatic heterocycles. The second kappa shape index (κ2) is 8.25. The number of alkyl halides is 3. The van der Waals surface area contributed by atoms with Gasteiger partial charge in [0.05, 0.1) is 25.3 Å². The first-order valence-electron chi connectivity index (χ1n) is 9.04. The molecule has 0 aliphatic rings. The van der Waals surface area contributed by atoms with Crippen molar-refractivity contribution >= 4 is 16.8 Å². The van der Waals surface area contributed by atoms with Crippen molar-refractivity contribution in [1.29, 1.82) is 0 Å². The number of ether oxygens (including phenoxy) is 2. The molecule has 0 fully saturated rings. The van der Waals surface area contributed by atoms with Crippen LogP contribution < -0.4 is 14.8 Å². The zero-order valence-electron chi connectivity index (χ0n) is 16.5. The number of H-pyrrole nitrogens is 1. The number of amides is 1. The van der Waals surface area contributed by atoms with Gasteiger partial charge in [-0.25, -0.2) is 4.39 Å². The highest BCUT2D eigenvalue weighted by Gasteiger charge is 2.35. The topological polar surface area (TPSA) is 63.3 Å². The van der Waals surface area contributed by atoms with Crippen molar-refractivity contribution < 1.29 is 31.8 Å². The van der Waals surface area contributed by atoms with E-state index in [-0.39, 0.29) is 23.9 Å². The van der Waals surface area contributed by atoms with E-state index in [0.717, 1.165) is 12.1 Å². The molecule has 0 unspecified atom stereocenters. The number of nitrogens with one attached hydrogen (secondary N) is 2. The average Bonchev–Trinajstić information content (AvgIpc) is 3.03. The number of methoxy groups -OCH3 is 2. The van der Waals surface area contributed by atoms with Crippen molar-refractivity contribution in [2.75, 3.05) is 20.8 Å². The minimum atomic E-state index is -4.63. The third-order valence-corrected chi connectivity index (χ3v) is 4.83. The fraction of sp³-hybridized carbons (Fsp3) is 0.286. The van der Waals surface area contributed by atoms with Crippen LogP contribution in [0.3, 0.4) is 0 Å². The molecule has 30 heavy (non-hydrogen) atoms. The van der Waals surface area contributed by atoms with Gasteiger partial charge in [-0.05, 0) is 49.2 Å². The Bertz CT molecular complexity index is 1090. The summed E-state index contributed by atoms with van der Waals surface area (Å²) in [6.07, 6.45) is -4.53. The minimum absolute atomic E-state index is 0.0643. The number of halogens is 4. The molecule has 0 saturated heterocycles. The maximum atomic E-state index is 14.1. The summed E-state index contributed by atoms with van der Waals surface area (Å²) in [5.74, 6) is -0.342. The Labute approximate surface area is 170 Å². The van der Waals surface area contributed by atoms with Gasteiger partial charge < -0.3 is 19.8 Å². The zero-order chi connectivity index (χ0) is 22.1. The van der Waals surface area contributed by atoms with Crippen LogP contribution in [0.2, 0.25) is 0 Å². The van der Waals surface area contributed by atoms with Crippen LogP contribution in [-0.2, 0) is 12.6 Å². The lowest BCUT2D eigenvalue weighted by Gasteiger charge is -2.12. The normalized spacial score (nSPS) is 11.6. The van der Waals surface area contributed by atoms with Gasteiger partial charge in [0.25, 0.3) is 5.91 Å². The summed E-state index contributed by atoms with van der Waals surface area (Å²) >= 11 is 0. The van der Waals surface area contributed by atoms with Crippen LogP contribution in [0.15, 0.2) is 30.3 Å². The molecule has 0 atom stereocenters. The smallest absolute Gasteiger partial charge is 0.417 e. The number of benzene rings is 2. The molecule has 3 rings (SSSR count). The van der Waals surface area contributed by atoms with Crippen LogP contribution in [0.25, 0.3) is 10.9 Å². The molecule has 9 heteroatoms. The van der Waals surface area contributed by atoms with E-state index < -0.39 is 23.5 Å². The molecule has 2 aromatic carbocycles. The SMILES string of the molecule is COc1ccc(C(=O)NCCc2c(C)[nH]c3c(F)ccc(C(F)(F)F)c23)cc1OC. The maximum absolute atomic E-state index is 14.1. The van der Waals surface area contributed by atoms with E-state index in [4.69, 9.17) is 9.47 Å². The standard InChI is InChI=1S/C21H20F4N2O3/c1-11-13(18-14(21(23,24)25)5-6-15(22)19(18)27-11)8-9-26-20(28)12-4-7-16(29-2)17(10-12)30-3/h4-7,10,27H,8-9H2,1-3H3,(H,26,28). The first-order valence-corrected chi connectivity index (χ1v) is 9.04. The summed E-state index contributed by atoms with van der Waals surface area (Å²) in [4.78, 5) is 15.1. The van der Waals surface area contributed by atoms with Crippen LogP contribution in [0.1, 0.15) is 27.2 Å². The predicted octanol–water partition coefficient (Wildman–Crippen LogP) is 4.62. The summed E-state index contributed by atoms with van der Waals surface area (Å²) in [6, 6.07) is 6.16. The third-order valence-electron chi connectivity index (χ3n) is 4.83. The molecule has 5 nitrogen and oxygen atoms in total. The molecular weight excluding hydrogens is 404 g/mol. The predicted molar refractivity (Wildman–Crippen MR) is 104 cm³/mol. The molecule has 0 bridgehead atoms. The lowest BCUT2D eigenvalue weighted by molar-refractivity contribution is -0.136. The van der Waals surface area contributed by atoms with Gasteiger partial charge in [-0.1, -0.05) is 0 Å². The minimum Gasteiger partial charge on any atom is -0.493 e. The second-order valence-electron chi connectivity index (χ2n) is 6.65. The quantitative estimate of drug-likeness (QED) is 0.568. The van der Waals surface area contributed by atoms with Crippen molar-refractivity contribution in [3.8, 4) is 11.5 Å². The number of hydrogen-bond donors (Lipinski definition) is 2. The van der Waals surface area contributed by atoms with Gasteiger partial charge in [0, 0.05) is 23.2 Å². The average molecular weight is 424 g/mol. The zero-order valence-corrected chi connectivity index (χ0v) is 16.5.